The Morgan fingerprint density at radius 2 is 1.71 bits per heavy atom. The molecule has 0 saturated carbocycles. The van der Waals surface area contributed by atoms with Crippen molar-refractivity contribution in [1.29, 1.82) is 0 Å². The van der Waals surface area contributed by atoms with E-state index in [1.165, 1.54) is 6.92 Å². The van der Waals surface area contributed by atoms with Crippen molar-refractivity contribution in [2.45, 2.75) is 25.3 Å². The van der Waals surface area contributed by atoms with Crippen LogP contribution < -0.4 is 5.32 Å². The number of carbonyl (C=O) groups is 2. The Hall–Kier alpha value is -3.92. The second-order valence-electron chi connectivity index (χ2n) is 8.16. The number of carboxylic acids is 1. The lowest BCUT2D eigenvalue weighted by molar-refractivity contribution is -0.385. The first-order valence-corrected chi connectivity index (χ1v) is 11.5. The van der Waals surface area contributed by atoms with Gasteiger partial charge < -0.3 is 20.3 Å². The Balaban J connectivity index is 1.49. The maximum atomic E-state index is 12.5. The monoisotopic (exact) mass is 540 g/mol. The van der Waals surface area contributed by atoms with Gasteiger partial charge in [-0.2, -0.15) is 0 Å². The van der Waals surface area contributed by atoms with Crippen LogP contribution in [0.4, 0.5) is 10.5 Å². The molecule has 0 heterocycles. The summed E-state index contributed by atoms with van der Waals surface area (Å²) in [5.74, 6) is -1.90. The highest BCUT2D eigenvalue weighted by Crippen LogP contribution is 2.44. The van der Waals surface area contributed by atoms with Crippen LogP contribution in [0.5, 0.6) is 5.75 Å². The van der Waals surface area contributed by atoms with Crippen LogP contribution in [0, 0.1) is 17.0 Å². The summed E-state index contributed by atoms with van der Waals surface area (Å²) < 4.78 is 5.49. The molecule has 35 heavy (non-hydrogen) atoms. The molecule has 0 spiro atoms. The molecule has 0 bridgehead atoms. The topological polar surface area (TPSA) is 139 Å². The molecule has 0 fully saturated rings. The summed E-state index contributed by atoms with van der Waals surface area (Å²) in [6, 6.07) is 15.2. The van der Waals surface area contributed by atoms with Gasteiger partial charge in [-0.05, 0) is 45.1 Å². The number of alkyl carbamates (subject to hydrolysis) is 1. The van der Waals surface area contributed by atoms with E-state index in [1.54, 1.807) is 0 Å². The molecule has 4 rings (SSSR count). The second-order valence-corrected chi connectivity index (χ2v) is 8.96. The van der Waals surface area contributed by atoms with E-state index in [0.717, 1.165) is 28.3 Å². The van der Waals surface area contributed by atoms with Gasteiger partial charge in [0.05, 0.1) is 9.40 Å². The minimum absolute atomic E-state index is 0.000484. The van der Waals surface area contributed by atoms with Crippen molar-refractivity contribution in [2.24, 2.45) is 0 Å². The van der Waals surface area contributed by atoms with Gasteiger partial charge in [0.25, 0.3) is 5.69 Å². The predicted octanol–water partition coefficient (Wildman–Crippen LogP) is 4.91. The summed E-state index contributed by atoms with van der Waals surface area (Å²) in [6.45, 7) is 1.45. The van der Waals surface area contributed by atoms with Gasteiger partial charge in [0.1, 0.15) is 18.4 Å². The first-order chi connectivity index (χ1) is 16.7. The van der Waals surface area contributed by atoms with Crippen LogP contribution in [0.2, 0.25) is 0 Å². The van der Waals surface area contributed by atoms with Crippen LogP contribution in [-0.2, 0) is 16.0 Å². The van der Waals surface area contributed by atoms with Gasteiger partial charge >= 0.3 is 12.1 Å². The Kier molecular flexibility index (Phi) is 6.74. The van der Waals surface area contributed by atoms with Crippen molar-refractivity contribution in [3.63, 3.8) is 0 Å². The summed E-state index contributed by atoms with van der Waals surface area (Å²) in [4.78, 5) is 35.0. The fourth-order valence-electron chi connectivity index (χ4n) is 4.32. The molecule has 3 aromatic carbocycles. The van der Waals surface area contributed by atoms with Crippen LogP contribution in [0.3, 0.4) is 0 Å². The third-order valence-corrected chi connectivity index (χ3v) is 7.06. The van der Waals surface area contributed by atoms with Gasteiger partial charge in [0.15, 0.2) is 0 Å². The minimum atomic E-state index is -1.48. The molecule has 1 unspecified atom stereocenters. The number of aromatic hydroxyl groups is 1. The van der Waals surface area contributed by atoms with Crippen molar-refractivity contribution in [3.8, 4) is 16.9 Å². The van der Waals surface area contributed by atoms with Crippen molar-refractivity contribution in [2.75, 3.05) is 6.61 Å². The zero-order chi connectivity index (χ0) is 25.3. The fraction of sp³-hybridized carbons (Fsp3) is 0.200. The maximum absolute atomic E-state index is 12.5. The standard InChI is InChI=1S/C25H21BrN2O7/c1-13-21(28(33)34)11-14(23(29)22(13)26)10-20(24(30)31)27-25(32)35-12-19-17-8-4-2-6-15(17)16-7-3-5-9-18(16)19/h2-9,11,19-20,29H,10,12H2,1H3,(H,27,32)(H,30,31). The number of amides is 1. The molecule has 1 aliphatic rings. The van der Waals surface area contributed by atoms with Gasteiger partial charge in [0.2, 0.25) is 0 Å². The Morgan fingerprint density at radius 3 is 2.26 bits per heavy atom. The number of hydrogen-bond donors (Lipinski definition) is 3. The van der Waals surface area contributed by atoms with E-state index < -0.39 is 23.0 Å². The van der Waals surface area contributed by atoms with Crippen LogP contribution in [0.1, 0.15) is 28.2 Å². The van der Waals surface area contributed by atoms with Crippen molar-refractivity contribution in [3.05, 3.63) is 91.4 Å². The van der Waals surface area contributed by atoms with E-state index in [9.17, 15) is 29.9 Å². The third kappa shape index (κ3) is 4.69. The molecule has 10 heteroatoms. The second kappa shape index (κ2) is 9.75. The number of nitro groups is 1. The SMILES string of the molecule is Cc1c([N+](=O)[O-])cc(CC(NC(=O)OCC2c3ccccc3-c3ccccc32)C(=O)O)c(O)c1Br. The number of benzene rings is 3. The summed E-state index contributed by atoms with van der Waals surface area (Å²) in [5, 5.41) is 33.6. The van der Waals surface area contributed by atoms with E-state index in [4.69, 9.17) is 4.74 Å². The van der Waals surface area contributed by atoms with Gasteiger partial charge in [-0.25, -0.2) is 9.59 Å². The van der Waals surface area contributed by atoms with Crippen molar-refractivity contribution < 1.29 is 29.5 Å². The van der Waals surface area contributed by atoms with Crippen LogP contribution in [0.15, 0.2) is 59.1 Å². The fourth-order valence-corrected chi connectivity index (χ4v) is 4.78. The molecular weight excluding hydrogens is 520 g/mol. The zero-order valence-corrected chi connectivity index (χ0v) is 20.1. The first kappa shape index (κ1) is 24.2. The Morgan fingerprint density at radius 1 is 1.14 bits per heavy atom. The first-order valence-electron chi connectivity index (χ1n) is 10.7. The molecule has 3 aromatic rings. The number of phenols is 1. The number of rotatable bonds is 7. The number of nitrogens with one attached hydrogen (secondary N) is 1. The molecule has 0 aromatic heterocycles. The molecule has 3 N–H and O–H groups in total. The third-order valence-electron chi connectivity index (χ3n) is 6.09. The molecule has 1 aliphatic carbocycles. The number of carbonyl (C=O) groups excluding carboxylic acids is 1. The summed E-state index contributed by atoms with van der Waals surface area (Å²) in [6.07, 6.45) is -1.33. The van der Waals surface area contributed by atoms with E-state index in [2.05, 4.69) is 21.2 Å². The van der Waals surface area contributed by atoms with E-state index in [0.29, 0.717) is 0 Å². The number of nitro benzene ring substituents is 1. The van der Waals surface area contributed by atoms with E-state index in [-0.39, 0.29) is 46.0 Å². The highest BCUT2D eigenvalue weighted by atomic mass is 79.9. The molecule has 0 saturated heterocycles. The smallest absolute Gasteiger partial charge is 0.407 e. The number of aliphatic carboxylic acids is 1. The lowest BCUT2D eigenvalue weighted by Gasteiger charge is -2.18. The van der Waals surface area contributed by atoms with E-state index >= 15 is 0 Å². The lowest BCUT2D eigenvalue weighted by atomic mass is 9.98. The molecule has 180 valence electrons. The van der Waals surface area contributed by atoms with Crippen LogP contribution in [0.25, 0.3) is 11.1 Å². The number of fused-ring (bicyclic) bond motifs is 3. The Labute approximate surface area is 208 Å². The highest BCUT2D eigenvalue weighted by Gasteiger charge is 2.30. The normalized spacial score (nSPS) is 13.0. The van der Waals surface area contributed by atoms with Gasteiger partial charge in [0, 0.05) is 29.5 Å². The quantitative estimate of drug-likeness (QED) is 0.286. The number of ether oxygens (including phenoxy) is 1. The molecule has 9 nitrogen and oxygen atoms in total. The largest absolute Gasteiger partial charge is 0.506 e. The van der Waals surface area contributed by atoms with Crippen molar-refractivity contribution in [1.82, 2.24) is 5.32 Å². The minimum Gasteiger partial charge on any atom is -0.506 e. The summed E-state index contributed by atoms with van der Waals surface area (Å²) in [5.41, 5.74) is 4.06. The molecule has 1 amide bonds. The average molecular weight is 541 g/mol. The lowest BCUT2D eigenvalue weighted by Crippen LogP contribution is -2.43. The van der Waals surface area contributed by atoms with Crippen LogP contribution in [-0.4, -0.2) is 39.8 Å². The average Bonchev–Trinajstić information content (AvgIpc) is 3.15. The number of carboxylic acid groups (broad SMARTS) is 1. The molecule has 1 atom stereocenters. The molecule has 0 aliphatic heterocycles. The number of halogens is 1. The number of phenolic OH excluding ortho intramolecular Hbond substituents is 1. The van der Waals surface area contributed by atoms with Gasteiger partial charge in [-0.3, -0.25) is 10.1 Å². The molecule has 0 radical (unpaired) electrons. The summed E-state index contributed by atoms with van der Waals surface area (Å²) in [7, 11) is 0. The van der Waals surface area contributed by atoms with Gasteiger partial charge in [-0.1, -0.05) is 48.5 Å². The molecular formula is C25H21BrN2O7. The predicted molar refractivity (Wildman–Crippen MR) is 131 cm³/mol. The zero-order valence-electron chi connectivity index (χ0n) is 18.5. The maximum Gasteiger partial charge on any atom is 0.407 e. The van der Waals surface area contributed by atoms with Crippen molar-refractivity contribution >= 4 is 33.7 Å². The van der Waals surface area contributed by atoms with E-state index in [1.807, 2.05) is 48.5 Å². The number of hydrogen-bond acceptors (Lipinski definition) is 6. The summed E-state index contributed by atoms with van der Waals surface area (Å²) >= 11 is 3.10. The Bertz CT molecular complexity index is 1300. The number of nitrogens with zero attached hydrogens (tertiary/aromatic N) is 1. The highest BCUT2D eigenvalue weighted by molar-refractivity contribution is 9.10. The van der Waals surface area contributed by atoms with Crippen LogP contribution >= 0.6 is 15.9 Å². The van der Waals surface area contributed by atoms with Gasteiger partial charge in [-0.15, -0.1) is 0 Å².